The van der Waals surface area contributed by atoms with Gasteiger partial charge < -0.3 is 20.6 Å². The molecule has 0 aliphatic carbocycles. The first kappa shape index (κ1) is 17.4. The van der Waals surface area contributed by atoms with E-state index >= 15 is 0 Å². The van der Waals surface area contributed by atoms with E-state index in [1.807, 2.05) is 7.05 Å². The van der Waals surface area contributed by atoms with Gasteiger partial charge in [-0.2, -0.15) is 0 Å². The number of carbonyl (C=O) groups excluding carboxylic acids is 1. The summed E-state index contributed by atoms with van der Waals surface area (Å²) in [6.45, 7) is 7.37. The van der Waals surface area contributed by atoms with Gasteiger partial charge in [-0.25, -0.2) is 14.6 Å². The number of rotatable bonds is 7. The third kappa shape index (κ3) is 5.68. The minimum absolute atomic E-state index is 0.214. The van der Waals surface area contributed by atoms with Gasteiger partial charge in [-0.05, 0) is 27.8 Å². The first-order valence-corrected chi connectivity index (χ1v) is 7.54. The summed E-state index contributed by atoms with van der Waals surface area (Å²) in [7, 11) is 2.00. The maximum absolute atomic E-state index is 11.6. The number of aromatic carboxylic acids is 1. The van der Waals surface area contributed by atoms with Crippen LogP contribution >= 0.6 is 11.3 Å². The second-order valence-electron chi connectivity index (χ2n) is 5.01. The highest BCUT2D eigenvalue weighted by atomic mass is 32.1. The van der Waals surface area contributed by atoms with E-state index in [9.17, 15) is 9.59 Å². The van der Waals surface area contributed by atoms with Crippen molar-refractivity contribution < 1.29 is 14.7 Å². The van der Waals surface area contributed by atoms with E-state index in [0.717, 1.165) is 17.9 Å². The molecule has 1 heterocycles. The average molecular weight is 314 g/mol. The number of urea groups is 1. The van der Waals surface area contributed by atoms with Crippen molar-refractivity contribution in [3.63, 3.8) is 0 Å². The largest absolute Gasteiger partial charge is 0.477 e. The Kier molecular flexibility index (Phi) is 6.57. The van der Waals surface area contributed by atoms with E-state index in [1.54, 1.807) is 6.92 Å². The van der Waals surface area contributed by atoms with Crippen LogP contribution < -0.4 is 10.6 Å². The summed E-state index contributed by atoms with van der Waals surface area (Å²) in [4.78, 5) is 29.0. The van der Waals surface area contributed by atoms with Crippen LogP contribution in [-0.2, 0) is 6.54 Å². The number of carbonyl (C=O) groups is 2. The van der Waals surface area contributed by atoms with E-state index in [1.165, 1.54) is 0 Å². The number of hydrogen-bond acceptors (Lipinski definition) is 5. The molecule has 7 nitrogen and oxygen atoms in total. The van der Waals surface area contributed by atoms with Crippen molar-refractivity contribution in [3.05, 3.63) is 15.6 Å². The number of hydrogen-bond donors (Lipinski definition) is 3. The summed E-state index contributed by atoms with van der Waals surface area (Å²) < 4.78 is 0. The lowest BCUT2D eigenvalue weighted by Gasteiger charge is -2.20. The normalized spacial score (nSPS) is 11.0. The van der Waals surface area contributed by atoms with Crippen LogP contribution in [0.5, 0.6) is 0 Å². The molecule has 0 atom stereocenters. The lowest BCUT2D eigenvalue weighted by atomic mass is 10.3. The summed E-state index contributed by atoms with van der Waals surface area (Å²) in [5.74, 6) is -0.988. The van der Waals surface area contributed by atoms with Crippen molar-refractivity contribution in [2.24, 2.45) is 0 Å². The minimum Gasteiger partial charge on any atom is -0.477 e. The Balaban J connectivity index is 2.33. The maximum Gasteiger partial charge on any atom is 0.347 e. The van der Waals surface area contributed by atoms with Crippen molar-refractivity contribution in [3.8, 4) is 0 Å². The first-order valence-electron chi connectivity index (χ1n) is 6.72. The Morgan fingerprint density at radius 2 is 2.05 bits per heavy atom. The summed E-state index contributed by atoms with van der Waals surface area (Å²) >= 11 is 1.08. The fraction of sp³-hybridized carbons (Fsp3) is 0.615. The van der Waals surface area contributed by atoms with E-state index in [-0.39, 0.29) is 17.5 Å². The topological polar surface area (TPSA) is 94.6 Å². The molecule has 0 aliphatic heterocycles. The molecule has 1 rings (SSSR count). The van der Waals surface area contributed by atoms with Crippen LogP contribution in [0, 0.1) is 6.92 Å². The highest BCUT2D eigenvalue weighted by molar-refractivity contribution is 7.13. The van der Waals surface area contributed by atoms with Crippen LogP contribution in [0.1, 0.15) is 34.2 Å². The molecule has 0 saturated heterocycles. The van der Waals surface area contributed by atoms with Gasteiger partial charge in [0.05, 0.1) is 12.2 Å². The molecule has 0 bridgehead atoms. The number of carboxylic acids is 1. The quantitative estimate of drug-likeness (QED) is 0.705. The van der Waals surface area contributed by atoms with Gasteiger partial charge in [-0.3, -0.25) is 0 Å². The van der Waals surface area contributed by atoms with Gasteiger partial charge in [0.2, 0.25) is 0 Å². The minimum atomic E-state index is -0.988. The molecular weight excluding hydrogens is 292 g/mol. The summed E-state index contributed by atoms with van der Waals surface area (Å²) in [6, 6.07) is 0.152. The molecule has 0 fully saturated rings. The molecular formula is C13H22N4O3S. The Morgan fingerprint density at radius 1 is 1.38 bits per heavy atom. The molecule has 118 valence electrons. The summed E-state index contributed by atoms with van der Waals surface area (Å²) in [6.07, 6.45) is 0. The monoisotopic (exact) mass is 314 g/mol. The lowest BCUT2D eigenvalue weighted by Crippen LogP contribution is -2.40. The molecule has 0 aromatic carbocycles. The zero-order chi connectivity index (χ0) is 16.0. The van der Waals surface area contributed by atoms with Gasteiger partial charge >= 0.3 is 12.0 Å². The van der Waals surface area contributed by atoms with Gasteiger partial charge in [0.1, 0.15) is 9.88 Å². The average Bonchev–Trinajstić information content (AvgIpc) is 2.77. The number of aryl methyl sites for hydroxylation is 1. The second-order valence-corrected chi connectivity index (χ2v) is 6.09. The SMILES string of the molecule is Cc1nc(CNC(=O)NCCN(C)C(C)C)sc1C(=O)O. The molecule has 21 heavy (non-hydrogen) atoms. The Hall–Kier alpha value is -1.67. The van der Waals surface area contributed by atoms with Gasteiger partial charge in [-0.15, -0.1) is 11.3 Å². The molecule has 0 saturated carbocycles. The van der Waals surface area contributed by atoms with Gasteiger partial charge in [0.25, 0.3) is 0 Å². The molecule has 3 N–H and O–H groups in total. The third-order valence-corrected chi connectivity index (χ3v) is 4.21. The zero-order valence-corrected chi connectivity index (χ0v) is 13.6. The van der Waals surface area contributed by atoms with Crippen LogP contribution in [-0.4, -0.2) is 53.2 Å². The van der Waals surface area contributed by atoms with Crippen molar-refractivity contribution >= 4 is 23.3 Å². The van der Waals surface area contributed by atoms with Gasteiger partial charge in [0.15, 0.2) is 0 Å². The number of carboxylic acid groups (broad SMARTS) is 1. The summed E-state index contributed by atoms with van der Waals surface area (Å²) in [5, 5.41) is 14.9. The number of amides is 2. The maximum atomic E-state index is 11.6. The predicted molar refractivity (Wildman–Crippen MR) is 81.8 cm³/mol. The number of nitrogens with zero attached hydrogens (tertiary/aromatic N) is 2. The molecule has 0 unspecified atom stereocenters. The smallest absolute Gasteiger partial charge is 0.347 e. The van der Waals surface area contributed by atoms with Crippen LogP contribution in [0.25, 0.3) is 0 Å². The van der Waals surface area contributed by atoms with Gasteiger partial charge in [-0.1, -0.05) is 0 Å². The number of nitrogens with one attached hydrogen (secondary N) is 2. The van der Waals surface area contributed by atoms with Crippen molar-refractivity contribution in [2.45, 2.75) is 33.4 Å². The molecule has 8 heteroatoms. The second kappa shape index (κ2) is 7.94. The molecule has 2 amide bonds. The van der Waals surface area contributed by atoms with Gasteiger partial charge in [0, 0.05) is 19.1 Å². The van der Waals surface area contributed by atoms with Crippen LogP contribution in [0.2, 0.25) is 0 Å². The summed E-state index contributed by atoms with van der Waals surface area (Å²) in [5.41, 5.74) is 0.475. The third-order valence-electron chi connectivity index (χ3n) is 3.07. The molecule has 1 aromatic heterocycles. The Labute approximate surface area is 128 Å². The zero-order valence-electron chi connectivity index (χ0n) is 12.8. The number of thiazole rings is 1. The Morgan fingerprint density at radius 3 is 2.57 bits per heavy atom. The highest BCUT2D eigenvalue weighted by Crippen LogP contribution is 2.17. The fourth-order valence-electron chi connectivity index (χ4n) is 1.55. The van der Waals surface area contributed by atoms with Crippen molar-refractivity contribution in [1.82, 2.24) is 20.5 Å². The van der Waals surface area contributed by atoms with Crippen molar-refractivity contribution in [2.75, 3.05) is 20.1 Å². The molecule has 1 aromatic rings. The van der Waals surface area contributed by atoms with E-state index < -0.39 is 5.97 Å². The lowest BCUT2D eigenvalue weighted by molar-refractivity contribution is 0.0701. The number of aromatic nitrogens is 1. The predicted octanol–water partition coefficient (Wildman–Crippen LogP) is 1.29. The Bertz CT molecular complexity index is 502. The molecule has 0 aliphatic rings. The first-order chi connectivity index (χ1) is 9.81. The molecule has 0 radical (unpaired) electrons. The van der Waals surface area contributed by atoms with E-state index in [2.05, 4.69) is 34.4 Å². The fourth-order valence-corrected chi connectivity index (χ4v) is 2.39. The van der Waals surface area contributed by atoms with Crippen molar-refractivity contribution in [1.29, 1.82) is 0 Å². The van der Waals surface area contributed by atoms with Crippen LogP contribution in [0.15, 0.2) is 0 Å². The highest BCUT2D eigenvalue weighted by Gasteiger charge is 2.14. The van der Waals surface area contributed by atoms with Crippen LogP contribution in [0.4, 0.5) is 4.79 Å². The van der Waals surface area contributed by atoms with Crippen LogP contribution in [0.3, 0.4) is 0 Å². The number of likely N-dealkylation sites (N-methyl/N-ethyl adjacent to an activating group) is 1. The molecule has 0 spiro atoms. The standard InChI is InChI=1S/C13H22N4O3S/c1-8(2)17(4)6-5-14-13(20)15-7-10-16-9(3)11(21-10)12(18)19/h8H,5-7H2,1-4H3,(H,18,19)(H2,14,15,20). The van der Waals surface area contributed by atoms with E-state index in [0.29, 0.717) is 23.3 Å². The van der Waals surface area contributed by atoms with E-state index in [4.69, 9.17) is 5.11 Å².